The fourth-order valence-electron chi connectivity index (χ4n) is 0.896. The molecule has 0 atom stereocenters. The third-order valence-electron chi connectivity index (χ3n) is 1.47. The summed E-state index contributed by atoms with van der Waals surface area (Å²) in [6, 6.07) is 9.62. The Balaban J connectivity index is 0.000000671. The molecule has 0 saturated carbocycles. The minimum atomic E-state index is -0.742. The van der Waals surface area contributed by atoms with Gasteiger partial charge in [0.15, 0.2) is 0 Å². The molecule has 0 bridgehead atoms. The van der Waals surface area contributed by atoms with E-state index in [0.29, 0.717) is 6.42 Å². The lowest BCUT2D eigenvalue weighted by molar-refractivity contribution is -0.136. The number of benzene rings is 1. The van der Waals surface area contributed by atoms with Crippen LogP contribution in [-0.4, -0.2) is 11.1 Å². The monoisotopic (exact) mass is 176 g/mol. The van der Waals surface area contributed by atoms with Gasteiger partial charge in [-0.25, -0.2) is 0 Å². The summed E-state index contributed by atoms with van der Waals surface area (Å²) in [4.78, 5) is 10.2. The maximum absolute atomic E-state index is 10.2. The van der Waals surface area contributed by atoms with Crippen molar-refractivity contribution in [3.8, 4) is 12.8 Å². The summed E-state index contributed by atoms with van der Waals surface area (Å²) in [6.07, 6.45) is 8.83. The molecule has 0 aliphatic heterocycles. The van der Waals surface area contributed by atoms with E-state index in [2.05, 4.69) is 12.8 Å². The predicted octanol–water partition coefficient (Wildman–Crippen LogP) is 1.95. The second kappa shape index (κ2) is 6.93. The SMILES string of the molecule is C#C.O=C(O)CCc1ccccc1. The van der Waals surface area contributed by atoms with Crippen molar-refractivity contribution in [2.75, 3.05) is 0 Å². The average molecular weight is 176 g/mol. The van der Waals surface area contributed by atoms with Crippen LogP contribution in [0.15, 0.2) is 30.3 Å². The van der Waals surface area contributed by atoms with Crippen molar-refractivity contribution in [1.82, 2.24) is 0 Å². The molecule has 0 spiro atoms. The van der Waals surface area contributed by atoms with Crippen LogP contribution in [0.2, 0.25) is 0 Å². The predicted molar refractivity (Wildman–Crippen MR) is 52.3 cm³/mol. The molecular formula is C11H12O2. The molecule has 2 heteroatoms. The molecule has 0 heterocycles. The second-order valence-electron chi connectivity index (χ2n) is 2.38. The van der Waals surface area contributed by atoms with Crippen LogP contribution in [0.4, 0.5) is 0 Å². The highest BCUT2D eigenvalue weighted by atomic mass is 16.4. The van der Waals surface area contributed by atoms with Crippen molar-refractivity contribution in [2.45, 2.75) is 12.8 Å². The molecule has 0 fully saturated rings. The molecular weight excluding hydrogens is 164 g/mol. The van der Waals surface area contributed by atoms with Gasteiger partial charge in [-0.3, -0.25) is 4.79 Å². The van der Waals surface area contributed by atoms with Gasteiger partial charge in [0.2, 0.25) is 0 Å². The van der Waals surface area contributed by atoms with Crippen molar-refractivity contribution >= 4 is 5.97 Å². The Morgan fingerprint density at radius 1 is 1.23 bits per heavy atom. The van der Waals surface area contributed by atoms with Crippen LogP contribution in [0.5, 0.6) is 0 Å². The molecule has 0 aliphatic carbocycles. The second-order valence-corrected chi connectivity index (χ2v) is 2.38. The fourth-order valence-corrected chi connectivity index (χ4v) is 0.896. The average Bonchev–Trinajstić information content (AvgIpc) is 2.19. The molecule has 0 radical (unpaired) electrons. The van der Waals surface area contributed by atoms with Crippen molar-refractivity contribution in [3.05, 3.63) is 35.9 Å². The van der Waals surface area contributed by atoms with Gasteiger partial charge in [0.05, 0.1) is 0 Å². The van der Waals surface area contributed by atoms with Crippen LogP contribution in [0.1, 0.15) is 12.0 Å². The van der Waals surface area contributed by atoms with Crippen LogP contribution in [0.3, 0.4) is 0 Å². The Hall–Kier alpha value is -1.75. The van der Waals surface area contributed by atoms with Gasteiger partial charge in [0.25, 0.3) is 0 Å². The maximum atomic E-state index is 10.2. The zero-order valence-electron chi connectivity index (χ0n) is 7.31. The van der Waals surface area contributed by atoms with Crippen LogP contribution >= 0.6 is 0 Å². The summed E-state index contributed by atoms with van der Waals surface area (Å²) in [5.74, 6) is -0.742. The van der Waals surface area contributed by atoms with E-state index in [1.807, 2.05) is 30.3 Å². The number of aryl methyl sites for hydroxylation is 1. The molecule has 1 aromatic carbocycles. The standard InChI is InChI=1S/C9H10O2.C2H2/c10-9(11)7-6-8-4-2-1-3-5-8;1-2/h1-5H,6-7H2,(H,10,11);1-2H. The van der Waals surface area contributed by atoms with Crippen LogP contribution in [-0.2, 0) is 11.2 Å². The van der Waals surface area contributed by atoms with E-state index >= 15 is 0 Å². The lowest BCUT2D eigenvalue weighted by Crippen LogP contribution is -1.96. The van der Waals surface area contributed by atoms with Crippen LogP contribution < -0.4 is 0 Å². The van der Waals surface area contributed by atoms with E-state index in [1.54, 1.807) is 0 Å². The number of aliphatic carboxylic acids is 1. The normalized spacial score (nSPS) is 8.15. The number of terminal acetylenes is 1. The third-order valence-corrected chi connectivity index (χ3v) is 1.47. The molecule has 0 amide bonds. The van der Waals surface area contributed by atoms with Gasteiger partial charge >= 0.3 is 5.97 Å². The van der Waals surface area contributed by atoms with Gasteiger partial charge in [-0.05, 0) is 12.0 Å². The van der Waals surface area contributed by atoms with Crippen molar-refractivity contribution in [3.63, 3.8) is 0 Å². The van der Waals surface area contributed by atoms with Crippen molar-refractivity contribution in [2.24, 2.45) is 0 Å². The van der Waals surface area contributed by atoms with Crippen molar-refractivity contribution in [1.29, 1.82) is 0 Å². The summed E-state index contributed by atoms with van der Waals surface area (Å²) in [5, 5.41) is 8.37. The number of carbonyl (C=O) groups is 1. The quantitative estimate of drug-likeness (QED) is 0.715. The Morgan fingerprint density at radius 2 is 1.77 bits per heavy atom. The van der Waals surface area contributed by atoms with Gasteiger partial charge in [0, 0.05) is 6.42 Å². The first-order chi connectivity index (χ1) is 6.29. The summed E-state index contributed by atoms with van der Waals surface area (Å²) in [7, 11) is 0. The van der Waals surface area contributed by atoms with E-state index in [-0.39, 0.29) is 6.42 Å². The van der Waals surface area contributed by atoms with E-state index in [0.717, 1.165) is 5.56 Å². The van der Waals surface area contributed by atoms with Gasteiger partial charge in [-0.2, -0.15) is 0 Å². The van der Waals surface area contributed by atoms with E-state index < -0.39 is 5.97 Å². The summed E-state index contributed by atoms with van der Waals surface area (Å²) in [5.41, 5.74) is 1.08. The summed E-state index contributed by atoms with van der Waals surface area (Å²) in [6.45, 7) is 0. The number of hydrogen-bond acceptors (Lipinski definition) is 1. The first-order valence-corrected chi connectivity index (χ1v) is 3.88. The topological polar surface area (TPSA) is 37.3 Å². The lowest BCUT2D eigenvalue weighted by Gasteiger charge is -1.95. The van der Waals surface area contributed by atoms with E-state index in [4.69, 9.17) is 5.11 Å². The van der Waals surface area contributed by atoms with Gasteiger partial charge in [-0.15, -0.1) is 12.8 Å². The molecule has 13 heavy (non-hydrogen) atoms. The lowest BCUT2D eigenvalue weighted by atomic mass is 10.1. The first kappa shape index (κ1) is 11.2. The molecule has 2 nitrogen and oxygen atoms in total. The number of hydrogen-bond donors (Lipinski definition) is 1. The van der Waals surface area contributed by atoms with Crippen LogP contribution in [0.25, 0.3) is 0 Å². The van der Waals surface area contributed by atoms with E-state index in [9.17, 15) is 4.79 Å². The highest BCUT2D eigenvalue weighted by Crippen LogP contribution is 2.01. The fraction of sp³-hybridized carbons (Fsp3) is 0.182. The van der Waals surface area contributed by atoms with Gasteiger partial charge in [-0.1, -0.05) is 30.3 Å². The molecule has 0 aromatic heterocycles. The molecule has 1 rings (SSSR count). The van der Waals surface area contributed by atoms with Gasteiger partial charge < -0.3 is 5.11 Å². The third kappa shape index (κ3) is 5.51. The Morgan fingerprint density at radius 3 is 2.23 bits per heavy atom. The Bertz CT molecular complexity index is 262. The molecule has 68 valence electrons. The first-order valence-electron chi connectivity index (χ1n) is 3.88. The van der Waals surface area contributed by atoms with Crippen LogP contribution in [0, 0.1) is 12.8 Å². The van der Waals surface area contributed by atoms with E-state index in [1.165, 1.54) is 0 Å². The highest BCUT2D eigenvalue weighted by molar-refractivity contribution is 5.67. The van der Waals surface area contributed by atoms with Crippen molar-refractivity contribution < 1.29 is 9.90 Å². The smallest absolute Gasteiger partial charge is 0.303 e. The number of rotatable bonds is 3. The highest BCUT2D eigenvalue weighted by Gasteiger charge is 1.96. The minimum Gasteiger partial charge on any atom is -0.481 e. The molecule has 1 N–H and O–H groups in total. The Labute approximate surface area is 78.2 Å². The molecule has 0 unspecified atom stereocenters. The maximum Gasteiger partial charge on any atom is 0.303 e. The van der Waals surface area contributed by atoms with Gasteiger partial charge in [0.1, 0.15) is 0 Å². The zero-order valence-corrected chi connectivity index (χ0v) is 7.31. The number of carboxylic acids is 1. The molecule has 0 aliphatic rings. The summed E-state index contributed by atoms with van der Waals surface area (Å²) >= 11 is 0. The molecule has 1 aromatic rings. The molecule has 0 saturated heterocycles. The zero-order chi connectivity index (χ0) is 10.1. The Kier molecular flexibility index (Phi) is 6.00. The largest absolute Gasteiger partial charge is 0.481 e. The number of carboxylic acid groups (broad SMARTS) is 1. The summed E-state index contributed by atoms with van der Waals surface area (Å²) < 4.78 is 0. The minimum absolute atomic E-state index is 0.212.